The molecule has 0 saturated heterocycles. The van der Waals surface area contributed by atoms with Gasteiger partial charge in [-0.3, -0.25) is 14.2 Å². The lowest BCUT2D eigenvalue weighted by molar-refractivity contribution is 0.102. The summed E-state index contributed by atoms with van der Waals surface area (Å²) in [6.07, 6.45) is 1.23. The van der Waals surface area contributed by atoms with Crippen LogP contribution >= 0.6 is 0 Å². The standard InChI is InChI=1S/C25H20F2N2O5/c1-32-21-11-15(12-22(33-2)23(21)34-3)28-24(30)18-13-29(20-9-8-14(26)10-19(20)27)25(31)17-7-5-4-6-16(17)18/h4-13H,1-3H3,(H,28,30). The Hall–Kier alpha value is -4.40. The molecule has 34 heavy (non-hydrogen) atoms. The first kappa shape index (κ1) is 22.8. The van der Waals surface area contributed by atoms with Crippen molar-refractivity contribution in [3.63, 3.8) is 0 Å². The van der Waals surface area contributed by atoms with Gasteiger partial charge in [0.1, 0.15) is 11.6 Å². The molecule has 7 nitrogen and oxygen atoms in total. The van der Waals surface area contributed by atoms with E-state index in [0.717, 1.165) is 16.7 Å². The van der Waals surface area contributed by atoms with Crippen LogP contribution in [0.25, 0.3) is 16.5 Å². The number of nitrogens with zero attached hydrogens (tertiary/aromatic N) is 1. The third-order valence-electron chi connectivity index (χ3n) is 5.26. The second-order valence-corrected chi connectivity index (χ2v) is 7.23. The molecular weight excluding hydrogens is 446 g/mol. The Bertz CT molecular complexity index is 1440. The Balaban J connectivity index is 1.85. The summed E-state index contributed by atoms with van der Waals surface area (Å²) in [6.45, 7) is 0. The van der Waals surface area contributed by atoms with Crippen molar-refractivity contribution in [2.45, 2.75) is 0 Å². The number of benzene rings is 3. The quantitative estimate of drug-likeness (QED) is 0.451. The topological polar surface area (TPSA) is 78.8 Å². The fraction of sp³-hybridized carbons (Fsp3) is 0.120. The molecule has 3 aromatic carbocycles. The molecule has 0 radical (unpaired) electrons. The first-order valence-corrected chi connectivity index (χ1v) is 10.1. The van der Waals surface area contributed by atoms with E-state index in [-0.39, 0.29) is 16.6 Å². The lowest BCUT2D eigenvalue weighted by atomic mass is 10.1. The molecule has 0 bridgehead atoms. The highest BCUT2D eigenvalue weighted by atomic mass is 19.1. The summed E-state index contributed by atoms with van der Waals surface area (Å²) in [5.41, 5.74) is -0.286. The number of pyridine rings is 1. The van der Waals surface area contributed by atoms with Crippen LogP contribution in [0.15, 0.2) is 65.6 Å². The molecule has 174 valence electrons. The highest BCUT2D eigenvalue weighted by Gasteiger charge is 2.19. The van der Waals surface area contributed by atoms with E-state index in [4.69, 9.17) is 14.2 Å². The van der Waals surface area contributed by atoms with Crippen molar-refractivity contribution in [2.24, 2.45) is 0 Å². The van der Waals surface area contributed by atoms with Crippen LogP contribution in [0.5, 0.6) is 17.2 Å². The zero-order valence-electron chi connectivity index (χ0n) is 18.5. The minimum atomic E-state index is -0.937. The molecular formula is C25H20F2N2O5. The zero-order valence-corrected chi connectivity index (χ0v) is 18.5. The fourth-order valence-corrected chi connectivity index (χ4v) is 3.68. The van der Waals surface area contributed by atoms with Crippen LogP contribution in [0.4, 0.5) is 14.5 Å². The van der Waals surface area contributed by atoms with Gasteiger partial charge in [-0.2, -0.15) is 0 Å². The minimum Gasteiger partial charge on any atom is -0.493 e. The number of carbonyl (C=O) groups is 1. The third kappa shape index (κ3) is 4.03. The Morgan fingerprint density at radius 2 is 1.53 bits per heavy atom. The van der Waals surface area contributed by atoms with E-state index in [0.29, 0.717) is 34.4 Å². The normalized spacial score (nSPS) is 10.7. The van der Waals surface area contributed by atoms with Gasteiger partial charge in [0.25, 0.3) is 11.5 Å². The lowest BCUT2D eigenvalue weighted by Crippen LogP contribution is -2.23. The summed E-state index contributed by atoms with van der Waals surface area (Å²) < 4.78 is 44.8. The number of aromatic nitrogens is 1. The predicted octanol–water partition coefficient (Wildman–Crippen LogP) is 4.55. The number of hydrogen-bond donors (Lipinski definition) is 1. The molecule has 1 amide bonds. The number of carbonyl (C=O) groups excluding carboxylic acids is 1. The minimum absolute atomic E-state index is 0.104. The first-order valence-electron chi connectivity index (χ1n) is 10.1. The van der Waals surface area contributed by atoms with Gasteiger partial charge in [0.2, 0.25) is 5.75 Å². The Kier molecular flexibility index (Phi) is 6.18. The van der Waals surface area contributed by atoms with Gasteiger partial charge < -0.3 is 19.5 Å². The summed E-state index contributed by atoms with van der Waals surface area (Å²) in [4.78, 5) is 26.4. The molecule has 0 saturated carbocycles. The van der Waals surface area contributed by atoms with Gasteiger partial charge in [-0.25, -0.2) is 8.78 Å². The summed E-state index contributed by atoms with van der Waals surface area (Å²) in [7, 11) is 4.36. The average molecular weight is 466 g/mol. The molecule has 0 spiro atoms. The second kappa shape index (κ2) is 9.22. The molecule has 0 aliphatic carbocycles. The molecule has 0 aliphatic heterocycles. The maximum absolute atomic E-state index is 14.5. The van der Waals surface area contributed by atoms with E-state index in [9.17, 15) is 18.4 Å². The summed E-state index contributed by atoms with van der Waals surface area (Å²) in [5.74, 6) is -1.26. The number of anilines is 1. The van der Waals surface area contributed by atoms with Crippen LogP contribution in [-0.2, 0) is 0 Å². The van der Waals surface area contributed by atoms with Gasteiger partial charge in [0, 0.05) is 40.9 Å². The maximum atomic E-state index is 14.5. The van der Waals surface area contributed by atoms with Crippen molar-refractivity contribution >= 4 is 22.4 Å². The summed E-state index contributed by atoms with van der Waals surface area (Å²) >= 11 is 0. The highest BCUT2D eigenvalue weighted by molar-refractivity contribution is 6.12. The smallest absolute Gasteiger partial charge is 0.263 e. The molecule has 4 rings (SSSR count). The third-order valence-corrected chi connectivity index (χ3v) is 5.26. The number of nitrogens with one attached hydrogen (secondary N) is 1. The first-order chi connectivity index (χ1) is 16.4. The lowest BCUT2D eigenvalue weighted by Gasteiger charge is -2.16. The number of halogens is 2. The summed E-state index contributed by atoms with van der Waals surface area (Å²) in [6, 6.07) is 12.4. The van der Waals surface area contributed by atoms with E-state index < -0.39 is 23.1 Å². The molecule has 0 aliphatic rings. The summed E-state index contributed by atoms with van der Waals surface area (Å²) in [5, 5.41) is 3.32. The van der Waals surface area contributed by atoms with E-state index in [1.807, 2.05) is 0 Å². The Labute approximate surface area is 193 Å². The van der Waals surface area contributed by atoms with Crippen LogP contribution in [0.1, 0.15) is 10.4 Å². The average Bonchev–Trinajstić information content (AvgIpc) is 2.84. The van der Waals surface area contributed by atoms with Crippen LogP contribution in [-0.4, -0.2) is 31.8 Å². The van der Waals surface area contributed by atoms with Crippen molar-refractivity contribution in [1.29, 1.82) is 0 Å². The highest BCUT2D eigenvalue weighted by Crippen LogP contribution is 2.40. The van der Waals surface area contributed by atoms with E-state index in [1.165, 1.54) is 33.6 Å². The fourth-order valence-electron chi connectivity index (χ4n) is 3.68. The van der Waals surface area contributed by atoms with Crippen LogP contribution in [0, 0.1) is 11.6 Å². The maximum Gasteiger partial charge on any atom is 0.263 e. The van der Waals surface area contributed by atoms with Crippen molar-refractivity contribution in [3.8, 4) is 22.9 Å². The second-order valence-electron chi connectivity index (χ2n) is 7.23. The van der Waals surface area contributed by atoms with Crippen LogP contribution in [0.2, 0.25) is 0 Å². The SMILES string of the molecule is COc1cc(NC(=O)c2cn(-c3ccc(F)cc3F)c(=O)c3ccccc23)cc(OC)c1OC. The van der Waals surface area contributed by atoms with E-state index in [2.05, 4.69) is 5.32 Å². The predicted molar refractivity (Wildman–Crippen MR) is 124 cm³/mol. The van der Waals surface area contributed by atoms with Crippen molar-refractivity contribution < 1.29 is 27.8 Å². The Morgan fingerprint density at radius 1 is 0.882 bits per heavy atom. The van der Waals surface area contributed by atoms with Crippen molar-refractivity contribution in [2.75, 3.05) is 26.6 Å². The number of ether oxygens (including phenoxy) is 3. The number of amides is 1. The van der Waals surface area contributed by atoms with Crippen LogP contribution < -0.4 is 25.1 Å². The zero-order chi connectivity index (χ0) is 24.4. The number of fused-ring (bicyclic) bond motifs is 1. The van der Waals surface area contributed by atoms with Gasteiger partial charge in [0.05, 0.1) is 32.6 Å². The molecule has 0 unspecified atom stereocenters. The largest absolute Gasteiger partial charge is 0.493 e. The van der Waals surface area contributed by atoms with E-state index in [1.54, 1.807) is 30.3 Å². The van der Waals surface area contributed by atoms with Gasteiger partial charge in [-0.1, -0.05) is 18.2 Å². The number of methoxy groups -OCH3 is 3. The van der Waals surface area contributed by atoms with Crippen LogP contribution in [0.3, 0.4) is 0 Å². The molecule has 1 aromatic heterocycles. The van der Waals surface area contributed by atoms with Gasteiger partial charge in [-0.15, -0.1) is 0 Å². The monoisotopic (exact) mass is 466 g/mol. The molecule has 0 fully saturated rings. The van der Waals surface area contributed by atoms with E-state index >= 15 is 0 Å². The molecule has 9 heteroatoms. The Morgan fingerprint density at radius 3 is 2.12 bits per heavy atom. The molecule has 1 N–H and O–H groups in total. The number of rotatable bonds is 6. The molecule has 4 aromatic rings. The van der Waals surface area contributed by atoms with Gasteiger partial charge in [-0.05, 0) is 18.2 Å². The number of hydrogen-bond acceptors (Lipinski definition) is 5. The molecule has 0 atom stereocenters. The molecule has 1 heterocycles. The van der Waals surface area contributed by atoms with Crippen molar-refractivity contribution in [3.05, 3.63) is 88.3 Å². The van der Waals surface area contributed by atoms with Crippen molar-refractivity contribution in [1.82, 2.24) is 4.57 Å². The van der Waals surface area contributed by atoms with Gasteiger partial charge >= 0.3 is 0 Å². The van der Waals surface area contributed by atoms with Gasteiger partial charge in [0.15, 0.2) is 11.5 Å².